The molecule has 0 aromatic carbocycles. The lowest BCUT2D eigenvalue weighted by atomic mass is 9.95. The minimum atomic E-state index is -0.545. The third-order valence-electron chi connectivity index (χ3n) is 9.33. The Morgan fingerprint density at radius 3 is 1.98 bits per heavy atom. The van der Waals surface area contributed by atoms with Gasteiger partial charge in [-0.3, -0.25) is 4.79 Å². The molecular formula is C35H60O7. The Morgan fingerprint density at radius 2 is 1.38 bits per heavy atom. The highest BCUT2D eigenvalue weighted by atomic mass is 16.5. The summed E-state index contributed by atoms with van der Waals surface area (Å²) in [4.78, 5) is 24.5. The number of hydrogen-bond acceptors (Lipinski definition) is 7. The molecule has 0 aromatic heterocycles. The fourth-order valence-electron chi connectivity index (χ4n) is 6.81. The van der Waals surface area contributed by atoms with Crippen LogP contribution in [-0.4, -0.2) is 64.7 Å². The van der Waals surface area contributed by atoms with E-state index in [1.165, 1.54) is 57.8 Å². The van der Waals surface area contributed by atoms with Crippen LogP contribution in [-0.2, 0) is 23.8 Å². The molecule has 7 heteroatoms. The topological polar surface area (TPSA) is 102 Å². The molecule has 0 bridgehead atoms. The number of cyclic esters (lactones) is 1. The van der Waals surface area contributed by atoms with Crippen molar-refractivity contribution < 1.29 is 34.0 Å². The average Bonchev–Trinajstić information content (AvgIpc) is 3.58. The minimum Gasteiger partial charge on any atom is -0.455 e. The lowest BCUT2D eigenvalue weighted by Gasteiger charge is -2.30. The Labute approximate surface area is 255 Å². The number of ketones is 1. The molecule has 3 rings (SSSR count). The summed E-state index contributed by atoms with van der Waals surface area (Å²) >= 11 is 0. The Balaban J connectivity index is 1.19. The van der Waals surface area contributed by atoms with Crippen molar-refractivity contribution in [2.75, 3.05) is 0 Å². The molecule has 42 heavy (non-hydrogen) atoms. The zero-order chi connectivity index (χ0) is 30.2. The zero-order valence-corrected chi connectivity index (χ0v) is 26.6. The van der Waals surface area contributed by atoms with E-state index in [2.05, 4.69) is 6.92 Å². The van der Waals surface area contributed by atoms with Crippen LogP contribution in [0.4, 0.5) is 0 Å². The Kier molecular flexibility index (Phi) is 16.7. The number of Topliss-reactive ketones (excluding diaryl/α,β-unsaturated/α-hetero) is 1. The van der Waals surface area contributed by atoms with Gasteiger partial charge in [0.05, 0.1) is 36.6 Å². The molecule has 1 unspecified atom stereocenters. The maximum absolute atomic E-state index is 12.6. The first-order valence-corrected chi connectivity index (χ1v) is 17.5. The molecule has 0 spiro atoms. The SMILES string of the molecule is CCCCCCCCCCCC[C@@H](O)[C@H]1CC[C@@H]([C@@H](O)CCCCC(=O)C[C@H]2CCC[C@@H](CC3=CC(C)OC3=O)O2)O1. The lowest BCUT2D eigenvalue weighted by Crippen LogP contribution is -2.31. The number of carbonyl (C=O) groups is 2. The fraction of sp³-hybridized carbons (Fsp3) is 0.886. The van der Waals surface area contributed by atoms with Crippen molar-refractivity contribution in [2.24, 2.45) is 0 Å². The van der Waals surface area contributed by atoms with Crippen LogP contribution in [0.15, 0.2) is 11.6 Å². The smallest absolute Gasteiger partial charge is 0.334 e. The molecule has 2 fully saturated rings. The number of unbranched alkanes of at least 4 members (excludes halogenated alkanes) is 10. The molecule has 3 aliphatic rings. The summed E-state index contributed by atoms with van der Waals surface area (Å²) in [6.07, 6.45) is 21.9. The number of carbonyl (C=O) groups excluding carboxylic acids is 2. The van der Waals surface area contributed by atoms with E-state index in [1.807, 2.05) is 13.0 Å². The van der Waals surface area contributed by atoms with Crippen LogP contribution in [0.2, 0.25) is 0 Å². The van der Waals surface area contributed by atoms with Crippen molar-refractivity contribution in [1.29, 1.82) is 0 Å². The van der Waals surface area contributed by atoms with Crippen LogP contribution >= 0.6 is 0 Å². The first-order valence-electron chi connectivity index (χ1n) is 17.5. The van der Waals surface area contributed by atoms with Crippen LogP contribution in [0.3, 0.4) is 0 Å². The Bertz CT molecular complexity index is 811. The van der Waals surface area contributed by atoms with Crippen LogP contribution in [0.5, 0.6) is 0 Å². The Hall–Kier alpha value is -1.28. The van der Waals surface area contributed by atoms with E-state index in [9.17, 15) is 19.8 Å². The molecule has 3 aliphatic heterocycles. The van der Waals surface area contributed by atoms with Crippen LogP contribution in [0.25, 0.3) is 0 Å². The van der Waals surface area contributed by atoms with Crippen molar-refractivity contribution in [2.45, 2.75) is 198 Å². The third kappa shape index (κ3) is 13.2. The molecule has 2 saturated heterocycles. The van der Waals surface area contributed by atoms with E-state index in [0.717, 1.165) is 57.8 Å². The maximum atomic E-state index is 12.6. The molecule has 3 heterocycles. The predicted molar refractivity (Wildman–Crippen MR) is 165 cm³/mol. The van der Waals surface area contributed by atoms with Gasteiger partial charge in [-0.15, -0.1) is 0 Å². The highest BCUT2D eigenvalue weighted by Crippen LogP contribution is 2.30. The predicted octanol–water partition coefficient (Wildman–Crippen LogP) is 7.29. The van der Waals surface area contributed by atoms with E-state index in [0.29, 0.717) is 31.3 Å². The van der Waals surface area contributed by atoms with Crippen molar-refractivity contribution >= 4 is 11.8 Å². The van der Waals surface area contributed by atoms with Crippen molar-refractivity contribution in [3.8, 4) is 0 Å². The molecule has 7 nitrogen and oxygen atoms in total. The molecule has 0 radical (unpaired) electrons. The standard InChI is InChI=1S/C35H60O7/c1-3-4-5-6-7-8-9-10-11-12-19-31(37)33-21-22-34(42-33)32(38)20-14-13-16-28(36)25-30-18-15-17-29(41-30)24-27-23-26(2)40-35(27)39/h23,26,29-34,37-38H,3-22,24-25H2,1-2H3/t26?,29-,30+,31+,32-,33+,34-/m0/s1. The van der Waals surface area contributed by atoms with Gasteiger partial charge in [0, 0.05) is 24.8 Å². The monoisotopic (exact) mass is 592 g/mol. The fourth-order valence-corrected chi connectivity index (χ4v) is 6.81. The number of ether oxygens (including phenoxy) is 3. The number of hydrogen-bond donors (Lipinski definition) is 2. The van der Waals surface area contributed by atoms with Gasteiger partial charge in [0.25, 0.3) is 0 Å². The van der Waals surface area contributed by atoms with Gasteiger partial charge in [-0.25, -0.2) is 4.79 Å². The molecule has 242 valence electrons. The maximum Gasteiger partial charge on any atom is 0.334 e. The second-order valence-corrected chi connectivity index (χ2v) is 13.2. The highest BCUT2D eigenvalue weighted by Gasteiger charge is 2.34. The van der Waals surface area contributed by atoms with Gasteiger partial charge in [-0.2, -0.15) is 0 Å². The van der Waals surface area contributed by atoms with E-state index >= 15 is 0 Å². The quantitative estimate of drug-likeness (QED) is 0.101. The van der Waals surface area contributed by atoms with Gasteiger partial charge in [-0.1, -0.05) is 77.6 Å². The summed E-state index contributed by atoms with van der Waals surface area (Å²) in [5, 5.41) is 21.3. The molecular weight excluding hydrogens is 532 g/mol. The van der Waals surface area contributed by atoms with E-state index in [1.54, 1.807) is 0 Å². The van der Waals surface area contributed by atoms with Crippen molar-refractivity contribution in [3.63, 3.8) is 0 Å². The van der Waals surface area contributed by atoms with Gasteiger partial charge >= 0.3 is 5.97 Å². The number of esters is 1. The summed E-state index contributed by atoms with van der Waals surface area (Å²) in [7, 11) is 0. The number of aliphatic hydroxyl groups is 2. The largest absolute Gasteiger partial charge is 0.455 e. The summed E-state index contributed by atoms with van der Waals surface area (Å²) in [6.45, 7) is 4.11. The first kappa shape index (κ1) is 35.2. The zero-order valence-electron chi connectivity index (χ0n) is 26.6. The second-order valence-electron chi connectivity index (χ2n) is 13.2. The van der Waals surface area contributed by atoms with E-state index in [-0.39, 0.29) is 42.3 Å². The summed E-state index contributed by atoms with van der Waals surface area (Å²) in [5.41, 5.74) is 0.694. The summed E-state index contributed by atoms with van der Waals surface area (Å²) < 4.78 is 17.4. The molecule has 0 aromatic rings. The van der Waals surface area contributed by atoms with Crippen molar-refractivity contribution in [1.82, 2.24) is 0 Å². The van der Waals surface area contributed by atoms with Crippen LogP contribution < -0.4 is 0 Å². The number of rotatable bonds is 22. The van der Waals surface area contributed by atoms with Crippen molar-refractivity contribution in [3.05, 3.63) is 11.6 Å². The summed E-state index contributed by atoms with van der Waals surface area (Å²) in [6, 6.07) is 0. The van der Waals surface area contributed by atoms with Gasteiger partial charge in [0.2, 0.25) is 0 Å². The number of aliphatic hydroxyl groups excluding tert-OH is 2. The van der Waals surface area contributed by atoms with Gasteiger partial charge in [0.1, 0.15) is 11.9 Å². The molecule has 0 saturated carbocycles. The van der Waals surface area contributed by atoms with E-state index < -0.39 is 12.2 Å². The molecule has 0 amide bonds. The van der Waals surface area contributed by atoms with Crippen LogP contribution in [0, 0.1) is 0 Å². The van der Waals surface area contributed by atoms with E-state index in [4.69, 9.17) is 14.2 Å². The first-order chi connectivity index (χ1) is 20.4. The van der Waals surface area contributed by atoms with Gasteiger partial charge < -0.3 is 24.4 Å². The van der Waals surface area contributed by atoms with Gasteiger partial charge in [-0.05, 0) is 64.4 Å². The van der Waals surface area contributed by atoms with Crippen LogP contribution in [0.1, 0.15) is 155 Å². The molecule has 0 aliphatic carbocycles. The Morgan fingerprint density at radius 1 is 0.810 bits per heavy atom. The molecule has 7 atom stereocenters. The highest BCUT2D eigenvalue weighted by molar-refractivity contribution is 5.90. The minimum absolute atomic E-state index is 0.0283. The average molecular weight is 593 g/mol. The summed E-state index contributed by atoms with van der Waals surface area (Å²) in [5.74, 6) is -0.0407. The second kappa shape index (κ2) is 19.9. The normalized spacial score (nSPS) is 27.6. The lowest BCUT2D eigenvalue weighted by molar-refractivity contribution is -0.140. The molecule has 2 N–H and O–H groups in total. The van der Waals surface area contributed by atoms with Gasteiger partial charge in [0.15, 0.2) is 0 Å². The third-order valence-corrected chi connectivity index (χ3v) is 9.33.